The van der Waals surface area contributed by atoms with Crippen LogP contribution in [0.4, 0.5) is 5.82 Å². The van der Waals surface area contributed by atoms with Gasteiger partial charge in [0.1, 0.15) is 18.2 Å². The van der Waals surface area contributed by atoms with E-state index in [1.54, 1.807) is 36.8 Å². The van der Waals surface area contributed by atoms with Crippen LogP contribution in [0.15, 0.2) is 59.8 Å². The van der Waals surface area contributed by atoms with Gasteiger partial charge in [-0.25, -0.2) is 4.98 Å². The van der Waals surface area contributed by atoms with E-state index in [0.29, 0.717) is 22.5 Å². The molecule has 0 radical (unpaired) electrons. The molecule has 9 heteroatoms. The standard InChI is InChI=1S/C24H28ClN5O3/c25-18-2-3-20(28-15-18)17-33-22-6-11-30(24(31)14-22)21-4-5-23(29-16-21)27-10-1-9-26-19-7-12-32-13-8-19/h2-6,11,14-16,19,26H,1,7-10,12-13,17H2,(H,27,29). The first kappa shape index (κ1) is 23.2. The van der Waals surface area contributed by atoms with Crippen molar-refractivity contribution in [1.82, 2.24) is 19.9 Å². The van der Waals surface area contributed by atoms with E-state index in [1.807, 2.05) is 12.1 Å². The Kier molecular flexibility index (Phi) is 8.30. The summed E-state index contributed by atoms with van der Waals surface area (Å²) >= 11 is 5.84. The van der Waals surface area contributed by atoms with Gasteiger partial charge in [0.25, 0.3) is 5.56 Å². The van der Waals surface area contributed by atoms with Gasteiger partial charge in [-0.05, 0) is 56.1 Å². The zero-order valence-electron chi connectivity index (χ0n) is 18.4. The van der Waals surface area contributed by atoms with Crippen molar-refractivity contribution in [2.24, 2.45) is 0 Å². The van der Waals surface area contributed by atoms with E-state index in [1.165, 1.54) is 10.6 Å². The average molecular weight is 470 g/mol. The van der Waals surface area contributed by atoms with Gasteiger partial charge in [0.2, 0.25) is 0 Å². The van der Waals surface area contributed by atoms with Crippen molar-refractivity contribution in [3.63, 3.8) is 0 Å². The smallest absolute Gasteiger partial charge is 0.258 e. The van der Waals surface area contributed by atoms with E-state index in [9.17, 15) is 4.79 Å². The van der Waals surface area contributed by atoms with E-state index in [2.05, 4.69) is 20.6 Å². The number of halogens is 1. The summed E-state index contributed by atoms with van der Waals surface area (Å²) in [5.41, 5.74) is 1.23. The summed E-state index contributed by atoms with van der Waals surface area (Å²) in [4.78, 5) is 21.2. The number of nitrogens with zero attached hydrogens (tertiary/aromatic N) is 3. The minimum atomic E-state index is -0.196. The molecule has 0 aromatic carbocycles. The number of hydrogen-bond acceptors (Lipinski definition) is 7. The van der Waals surface area contributed by atoms with Crippen molar-refractivity contribution >= 4 is 17.4 Å². The van der Waals surface area contributed by atoms with E-state index in [-0.39, 0.29) is 12.2 Å². The summed E-state index contributed by atoms with van der Waals surface area (Å²) in [6.45, 7) is 3.76. The highest BCUT2D eigenvalue weighted by molar-refractivity contribution is 6.30. The summed E-state index contributed by atoms with van der Waals surface area (Å²) in [6, 6.07) is 11.1. The number of aromatic nitrogens is 3. The molecule has 1 aliphatic rings. The number of anilines is 1. The Morgan fingerprint density at radius 1 is 1.09 bits per heavy atom. The van der Waals surface area contributed by atoms with Gasteiger partial charge in [0.15, 0.2) is 0 Å². The molecule has 0 saturated carbocycles. The van der Waals surface area contributed by atoms with Crippen molar-refractivity contribution in [1.29, 1.82) is 0 Å². The van der Waals surface area contributed by atoms with Gasteiger partial charge in [-0.2, -0.15) is 0 Å². The molecule has 0 amide bonds. The minimum absolute atomic E-state index is 0.196. The molecule has 3 aromatic heterocycles. The highest BCUT2D eigenvalue weighted by Gasteiger charge is 2.12. The van der Waals surface area contributed by atoms with Gasteiger partial charge in [-0.3, -0.25) is 14.3 Å². The number of rotatable bonds is 10. The predicted octanol–water partition coefficient (Wildman–Crippen LogP) is 3.43. The van der Waals surface area contributed by atoms with Crippen LogP contribution >= 0.6 is 11.6 Å². The maximum Gasteiger partial charge on any atom is 0.258 e. The SMILES string of the molecule is O=c1cc(OCc2ccc(Cl)cn2)ccn1-c1ccc(NCCCNC2CCOCC2)nc1. The average Bonchev–Trinajstić information content (AvgIpc) is 2.85. The Labute approximate surface area is 197 Å². The molecule has 33 heavy (non-hydrogen) atoms. The molecule has 1 saturated heterocycles. The maximum atomic E-state index is 12.5. The van der Waals surface area contributed by atoms with Crippen LogP contribution in [0.5, 0.6) is 5.75 Å². The van der Waals surface area contributed by atoms with E-state index in [4.69, 9.17) is 21.1 Å². The molecule has 0 unspecified atom stereocenters. The molecule has 4 heterocycles. The number of nitrogens with one attached hydrogen (secondary N) is 2. The van der Waals surface area contributed by atoms with Crippen molar-refractivity contribution < 1.29 is 9.47 Å². The predicted molar refractivity (Wildman–Crippen MR) is 128 cm³/mol. The second-order valence-electron chi connectivity index (χ2n) is 7.85. The lowest BCUT2D eigenvalue weighted by atomic mass is 10.1. The fourth-order valence-electron chi connectivity index (χ4n) is 3.56. The monoisotopic (exact) mass is 469 g/mol. The molecule has 174 valence electrons. The second-order valence-corrected chi connectivity index (χ2v) is 8.29. The van der Waals surface area contributed by atoms with E-state index < -0.39 is 0 Å². The first-order valence-electron chi connectivity index (χ1n) is 11.1. The molecule has 2 N–H and O–H groups in total. The molecular weight excluding hydrogens is 442 g/mol. The van der Waals surface area contributed by atoms with Crippen LogP contribution in [-0.2, 0) is 11.3 Å². The Hall–Kier alpha value is -2.94. The Balaban J connectivity index is 1.24. The first-order valence-corrected chi connectivity index (χ1v) is 11.5. The topological polar surface area (TPSA) is 90.3 Å². The van der Waals surface area contributed by atoms with Crippen molar-refractivity contribution in [2.45, 2.75) is 31.9 Å². The summed E-state index contributed by atoms with van der Waals surface area (Å²) < 4.78 is 12.6. The third kappa shape index (κ3) is 7.02. The van der Waals surface area contributed by atoms with Crippen LogP contribution in [0.1, 0.15) is 25.0 Å². The quantitative estimate of drug-likeness (QED) is 0.439. The molecule has 1 fully saturated rings. The molecule has 0 atom stereocenters. The van der Waals surface area contributed by atoms with Crippen LogP contribution in [0.3, 0.4) is 0 Å². The first-order chi connectivity index (χ1) is 16.2. The molecule has 8 nitrogen and oxygen atoms in total. The van der Waals surface area contributed by atoms with Gasteiger partial charge in [-0.1, -0.05) is 11.6 Å². The summed E-state index contributed by atoms with van der Waals surface area (Å²) in [6.07, 6.45) is 8.10. The molecule has 4 rings (SSSR count). The number of hydrogen-bond donors (Lipinski definition) is 2. The zero-order chi connectivity index (χ0) is 22.9. The Morgan fingerprint density at radius 3 is 2.70 bits per heavy atom. The lowest BCUT2D eigenvalue weighted by molar-refractivity contribution is 0.0781. The molecule has 0 aliphatic carbocycles. The van der Waals surface area contributed by atoms with Crippen LogP contribution < -0.4 is 20.9 Å². The van der Waals surface area contributed by atoms with Crippen LogP contribution in [-0.4, -0.2) is 46.9 Å². The largest absolute Gasteiger partial charge is 0.487 e. The molecule has 0 bridgehead atoms. The molecular formula is C24H28ClN5O3. The molecule has 1 aliphatic heterocycles. The summed E-state index contributed by atoms with van der Waals surface area (Å²) in [7, 11) is 0. The van der Waals surface area contributed by atoms with Crippen molar-refractivity contribution in [3.05, 3.63) is 76.1 Å². The third-order valence-corrected chi connectivity index (χ3v) is 5.63. The van der Waals surface area contributed by atoms with Crippen LogP contribution in [0, 0.1) is 0 Å². The maximum absolute atomic E-state index is 12.5. The normalized spacial score (nSPS) is 14.2. The number of ether oxygens (including phenoxy) is 2. The lowest BCUT2D eigenvalue weighted by Gasteiger charge is -2.23. The van der Waals surface area contributed by atoms with Gasteiger partial charge in [0, 0.05) is 44.3 Å². The zero-order valence-corrected chi connectivity index (χ0v) is 19.1. The molecule has 3 aromatic rings. The summed E-state index contributed by atoms with van der Waals surface area (Å²) in [5, 5.41) is 7.46. The third-order valence-electron chi connectivity index (χ3n) is 5.41. The highest BCUT2D eigenvalue weighted by atomic mass is 35.5. The van der Waals surface area contributed by atoms with Gasteiger partial charge >= 0.3 is 0 Å². The minimum Gasteiger partial charge on any atom is -0.487 e. The van der Waals surface area contributed by atoms with E-state index >= 15 is 0 Å². The highest BCUT2D eigenvalue weighted by Crippen LogP contribution is 2.14. The Bertz CT molecular complexity index is 1070. The number of pyridine rings is 3. The molecule has 0 spiro atoms. The summed E-state index contributed by atoms with van der Waals surface area (Å²) in [5.74, 6) is 1.27. The van der Waals surface area contributed by atoms with Gasteiger partial charge in [0.05, 0.1) is 22.6 Å². The lowest BCUT2D eigenvalue weighted by Crippen LogP contribution is -2.35. The van der Waals surface area contributed by atoms with Crippen molar-refractivity contribution in [3.8, 4) is 11.4 Å². The van der Waals surface area contributed by atoms with Crippen molar-refractivity contribution in [2.75, 3.05) is 31.6 Å². The van der Waals surface area contributed by atoms with Crippen LogP contribution in [0.2, 0.25) is 5.02 Å². The van der Waals surface area contributed by atoms with Crippen LogP contribution in [0.25, 0.3) is 5.69 Å². The van der Waals surface area contributed by atoms with E-state index in [0.717, 1.165) is 57.1 Å². The van der Waals surface area contributed by atoms with Gasteiger partial charge < -0.3 is 20.1 Å². The van der Waals surface area contributed by atoms with Gasteiger partial charge in [-0.15, -0.1) is 0 Å². The second kappa shape index (κ2) is 11.8. The fourth-order valence-corrected chi connectivity index (χ4v) is 3.67. The Morgan fingerprint density at radius 2 is 1.97 bits per heavy atom. The fraction of sp³-hybridized carbons (Fsp3) is 0.375.